The molecule has 1 atom stereocenters. The van der Waals surface area contributed by atoms with Gasteiger partial charge in [0, 0.05) is 50.6 Å². The maximum atomic E-state index is 14.0. The first-order valence-electron chi connectivity index (χ1n) is 10.5. The highest BCUT2D eigenvalue weighted by Crippen LogP contribution is 2.21. The monoisotopic (exact) mass is 556 g/mol. The van der Waals surface area contributed by atoms with Crippen molar-refractivity contribution in [2.75, 3.05) is 43.0 Å². The van der Waals surface area contributed by atoms with Gasteiger partial charge in [0.15, 0.2) is 17.6 Å². The van der Waals surface area contributed by atoms with Crippen LogP contribution in [0.1, 0.15) is 20.3 Å². The zero-order chi connectivity index (χ0) is 22.1. The Kier molecular flexibility index (Phi) is 10.4. The standard InChI is InChI=1S/C22H29FN6O2.HI/c1-3-24-22(26-11-13-31-19-7-4-6-17(14-19)27-16(2)30)28-18-9-12-29(15-18)21-20(23)8-5-10-25-21;/h4-8,10,14,18H,3,9,11-13,15H2,1-2H3,(H,27,30)(H2,24,26,28);1H. The van der Waals surface area contributed by atoms with E-state index < -0.39 is 0 Å². The summed E-state index contributed by atoms with van der Waals surface area (Å²) in [4.78, 5) is 21.8. The van der Waals surface area contributed by atoms with E-state index >= 15 is 0 Å². The lowest BCUT2D eigenvalue weighted by Gasteiger charge is -2.20. The highest BCUT2D eigenvalue weighted by atomic mass is 127. The number of anilines is 2. The molecule has 0 aliphatic carbocycles. The third kappa shape index (κ3) is 7.81. The molecule has 0 radical (unpaired) electrons. The van der Waals surface area contributed by atoms with Crippen LogP contribution in [0.5, 0.6) is 5.75 Å². The average molecular weight is 556 g/mol. The molecule has 1 aliphatic rings. The quantitative estimate of drug-likeness (QED) is 0.201. The Morgan fingerprint density at radius 1 is 1.34 bits per heavy atom. The number of nitrogens with zero attached hydrogens (tertiary/aromatic N) is 3. The molecule has 32 heavy (non-hydrogen) atoms. The van der Waals surface area contributed by atoms with Crippen LogP contribution in [0, 0.1) is 5.82 Å². The van der Waals surface area contributed by atoms with Crippen LogP contribution in [0.4, 0.5) is 15.9 Å². The number of benzene rings is 1. The van der Waals surface area contributed by atoms with E-state index in [0.717, 1.165) is 19.5 Å². The van der Waals surface area contributed by atoms with Crippen molar-refractivity contribution in [2.45, 2.75) is 26.3 Å². The van der Waals surface area contributed by atoms with Crippen molar-refractivity contribution in [3.63, 3.8) is 0 Å². The Morgan fingerprint density at radius 3 is 2.94 bits per heavy atom. The molecule has 1 fully saturated rings. The number of nitrogens with one attached hydrogen (secondary N) is 3. The Hall–Kier alpha value is -2.63. The van der Waals surface area contributed by atoms with Crippen molar-refractivity contribution in [2.24, 2.45) is 4.99 Å². The van der Waals surface area contributed by atoms with Gasteiger partial charge in [-0.05, 0) is 37.6 Å². The van der Waals surface area contributed by atoms with Gasteiger partial charge in [0.1, 0.15) is 12.4 Å². The van der Waals surface area contributed by atoms with Crippen molar-refractivity contribution in [3.05, 3.63) is 48.4 Å². The molecule has 1 aromatic heterocycles. The minimum absolute atomic E-state index is 0. The number of aromatic nitrogens is 1. The van der Waals surface area contributed by atoms with Crippen LogP contribution in [-0.2, 0) is 4.79 Å². The summed E-state index contributed by atoms with van der Waals surface area (Å²) in [7, 11) is 0. The van der Waals surface area contributed by atoms with Gasteiger partial charge in [0.05, 0.1) is 6.54 Å². The summed E-state index contributed by atoms with van der Waals surface area (Å²) in [5, 5.41) is 9.37. The summed E-state index contributed by atoms with van der Waals surface area (Å²) in [6.07, 6.45) is 2.48. The third-order valence-electron chi connectivity index (χ3n) is 4.70. The molecule has 3 rings (SSSR count). The average Bonchev–Trinajstić information content (AvgIpc) is 3.19. The van der Waals surface area contributed by atoms with Gasteiger partial charge in [0.2, 0.25) is 5.91 Å². The summed E-state index contributed by atoms with van der Waals surface area (Å²) in [5.41, 5.74) is 0.693. The maximum absolute atomic E-state index is 14.0. The lowest BCUT2D eigenvalue weighted by Crippen LogP contribution is -2.45. The van der Waals surface area contributed by atoms with Crippen LogP contribution in [0.2, 0.25) is 0 Å². The molecule has 1 aliphatic heterocycles. The molecule has 1 amide bonds. The van der Waals surface area contributed by atoms with Gasteiger partial charge in [-0.15, -0.1) is 24.0 Å². The molecule has 1 saturated heterocycles. The van der Waals surface area contributed by atoms with Crippen molar-refractivity contribution >= 4 is 47.3 Å². The Balaban J connectivity index is 0.00000363. The van der Waals surface area contributed by atoms with E-state index in [1.807, 2.05) is 24.0 Å². The lowest BCUT2D eigenvalue weighted by atomic mass is 10.3. The predicted octanol–water partition coefficient (Wildman–Crippen LogP) is 3.01. The molecular weight excluding hydrogens is 526 g/mol. The molecule has 10 heteroatoms. The smallest absolute Gasteiger partial charge is 0.221 e. The van der Waals surface area contributed by atoms with E-state index in [4.69, 9.17) is 4.74 Å². The fourth-order valence-electron chi connectivity index (χ4n) is 3.38. The third-order valence-corrected chi connectivity index (χ3v) is 4.70. The molecule has 0 spiro atoms. The molecule has 174 valence electrons. The molecule has 0 saturated carbocycles. The van der Waals surface area contributed by atoms with E-state index in [2.05, 4.69) is 25.9 Å². The van der Waals surface area contributed by atoms with Crippen LogP contribution >= 0.6 is 24.0 Å². The van der Waals surface area contributed by atoms with Crippen molar-refractivity contribution in [1.29, 1.82) is 0 Å². The van der Waals surface area contributed by atoms with Gasteiger partial charge in [0.25, 0.3) is 0 Å². The van der Waals surface area contributed by atoms with Gasteiger partial charge in [-0.1, -0.05) is 6.07 Å². The normalized spacial score (nSPS) is 15.7. The number of carbonyl (C=O) groups is 1. The van der Waals surface area contributed by atoms with Crippen molar-refractivity contribution in [3.8, 4) is 5.75 Å². The van der Waals surface area contributed by atoms with E-state index in [9.17, 15) is 9.18 Å². The molecule has 0 bridgehead atoms. The molecule has 1 unspecified atom stereocenters. The van der Waals surface area contributed by atoms with Crippen LogP contribution in [0.15, 0.2) is 47.6 Å². The van der Waals surface area contributed by atoms with Crippen LogP contribution in [0.25, 0.3) is 0 Å². The number of hydrogen-bond acceptors (Lipinski definition) is 5. The summed E-state index contributed by atoms with van der Waals surface area (Å²) >= 11 is 0. The lowest BCUT2D eigenvalue weighted by molar-refractivity contribution is -0.114. The first kappa shape index (κ1) is 25.6. The van der Waals surface area contributed by atoms with E-state index in [-0.39, 0.29) is 41.7 Å². The highest BCUT2D eigenvalue weighted by Gasteiger charge is 2.25. The largest absolute Gasteiger partial charge is 0.492 e. The highest BCUT2D eigenvalue weighted by molar-refractivity contribution is 14.0. The van der Waals surface area contributed by atoms with Crippen molar-refractivity contribution in [1.82, 2.24) is 15.6 Å². The minimum atomic E-state index is -0.302. The Labute approximate surface area is 205 Å². The summed E-state index contributed by atoms with van der Waals surface area (Å²) in [6.45, 7) is 6.46. The van der Waals surface area contributed by atoms with Crippen LogP contribution in [0.3, 0.4) is 0 Å². The number of ether oxygens (including phenoxy) is 1. The Morgan fingerprint density at radius 2 is 2.19 bits per heavy atom. The summed E-state index contributed by atoms with van der Waals surface area (Å²) in [6, 6.07) is 10.4. The number of amides is 1. The van der Waals surface area contributed by atoms with Gasteiger partial charge in [-0.3, -0.25) is 4.79 Å². The van der Waals surface area contributed by atoms with E-state index in [0.29, 0.717) is 42.9 Å². The predicted molar refractivity (Wildman–Crippen MR) is 136 cm³/mol. The number of rotatable bonds is 8. The zero-order valence-electron chi connectivity index (χ0n) is 18.3. The van der Waals surface area contributed by atoms with Gasteiger partial charge < -0.3 is 25.6 Å². The first-order chi connectivity index (χ1) is 15.0. The minimum Gasteiger partial charge on any atom is -0.492 e. The number of guanidine groups is 1. The number of aliphatic imine (C=N–C) groups is 1. The van der Waals surface area contributed by atoms with Gasteiger partial charge in [-0.25, -0.2) is 14.4 Å². The number of hydrogen-bond donors (Lipinski definition) is 3. The SMILES string of the molecule is CCNC(=NCCOc1cccc(NC(C)=O)c1)NC1CCN(c2ncccc2F)C1.I. The topological polar surface area (TPSA) is 90.9 Å². The van der Waals surface area contributed by atoms with Crippen LogP contribution < -0.4 is 25.6 Å². The zero-order valence-corrected chi connectivity index (χ0v) is 20.6. The number of halogens is 2. The van der Waals surface area contributed by atoms with Crippen LogP contribution in [-0.4, -0.2) is 55.7 Å². The number of carbonyl (C=O) groups excluding carboxylic acids is 1. The number of pyridine rings is 1. The Bertz CT molecular complexity index is 913. The summed E-state index contributed by atoms with van der Waals surface area (Å²) in [5.74, 6) is 1.33. The second-order valence-corrected chi connectivity index (χ2v) is 7.20. The molecule has 8 nitrogen and oxygen atoms in total. The summed E-state index contributed by atoms with van der Waals surface area (Å²) < 4.78 is 19.7. The second-order valence-electron chi connectivity index (χ2n) is 7.20. The fraction of sp³-hybridized carbons (Fsp3) is 0.409. The van der Waals surface area contributed by atoms with Gasteiger partial charge >= 0.3 is 0 Å². The molecule has 1 aromatic carbocycles. The maximum Gasteiger partial charge on any atom is 0.221 e. The fourth-order valence-corrected chi connectivity index (χ4v) is 3.38. The second kappa shape index (κ2) is 13.0. The van der Waals surface area contributed by atoms with E-state index in [1.54, 1.807) is 24.4 Å². The van der Waals surface area contributed by atoms with Gasteiger partial charge in [-0.2, -0.15) is 0 Å². The van der Waals surface area contributed by atoms with Crippen molar-refractivity contribution < 1.29 is 13.9 Å². The molecular formula is C22H30FIN6O2. The molecule has 2 aromatic rings. The van der Waals surface area contributed by atoms with E-state index in [1.165, 1.54) is 13.0 Å². The molecule has 3 N–H and O–H groups in total. The molecule has 2 heterocycles. The first-order valence-corrected chi connectivity index (χ1v) is 10.5.